The van der Waals surface area contributed by atoms with Crippen molar-refractivity contribution in [3.63, 3.8) is 0 Å². The van der Waals surface area contributed by atoms with Gasteiger partial charge < -0.3 is 5.11 Å². The fraction of sp³-hybridized carbons (Fsp3) is 0.467. The van der Waals surface area contributed by atoms with Gasteiger partial charge in [0.2, 0.25) is 0 Å². The Morgan fingerprint density at radius 1 is 1.35 bits per heavy atom. The summed E-state index contributed by atoms with van der Waals surface area (Å²) in [6.07, 6.45) is 3.06. The monoisotopic (exact) mass is 272 g/mol. The SMILES string of the molecule is CC(c1cn(-c2ccccc2)nn1)N1CCC(CO)C1. The fourth-order valence-corrected chi connectivity index (χ4v) is 2.73. The second-order valence-corrected chi connectivity index (χ2v) is 5.43. The third-order valence-corrected chi connectivity index (χ3v) is 4.08. The van der Waals surface area contributed by atoms with E-state index in [0.29, 0.717) is 5.92 Å². The smallest absolute Gasteiger partial charge is 0.1000 e. The average molecular weight is 272 g/mol. The first kappa shape index (κ1) is 13.3. The van der Waals surface area contributed by atoms with E-state index in [4.69, 9.17) is 0 Å². The van der Waals surface area contributed by atoms with E-state index in [-0.39, 0.29) is 12.6 Å². The lowest BCUT2D eigenvalue weighted by atomic mass is 10.1. The molecule has 1 N–H and O–H groups in total. The lowest BCUT2D eigenvalue weighted by Gasteiger charge is -2.21. The molecule has 20 heavy (non-hydrogen) atoms. The van der Waals surface area contributed by atoms with Crippen LogP contribution in [-0.4, -0.2) is 44.7 Å². The Balaban J connectivity index is 1.74. The summed E-state index contributed by atoms with van der Waals surface area (Å²) in [4.78, 5) is 2.36. The van der Waals surface area contributed by atoms with Gasteiger partial charge in [-0.15, -0.1) is 5.10 Å². The Bertz CT molecular complexity index is 554. The molecule has 106 valence electrons. The van der Waals surface area contributed by atoms with Gasteiger partial charge in [0.05, 0.1) is 23.6 Å². The van der Waals surface area contributed by atoms with E-state index >= 15 is 0 Å². The van der Waals surface area contributed by atoms with Crippen LogP contribution in [0.4, 0.5) is 0 Å². The van der Waals surface area contributed by atoms with Gasteiger partial charge in [-0.2, -0.15) is 0 Å². The molecule has 2 atom stereocenters. The Morgan fingerprint density at radius 3 is 2.85 bits per heavy atom. The summed E-state index contributed by atoms with van der Waals surface area (Å²) in [7, 11) is 0. The Morgan fingerprint density at radius 2 is 2.15 bits per heavy atom. The second-order valence-electron chi connectivity index (χ2n) is 5.43. The van der Waals surface area contributed by atoms with Crippen molar-refractivity contribution >= 4 is 0 Å². The molecule has 0 bridgehead atoms. The number of benzene rings is 1. The lowest BCUT2D eigenvalue weighted by molar-refractivity contribution is 0.203. The maximum atomic E-state index is 9.23. The minimum Gasteiger partial charge on any atom is -0.396 e. The van der Waals surface area contributed by atoms with Gasteiger partial charge in [-0.3, -0.25) is 4.90 Å². The molecule has 0 saturated carbocycles. The highest BCUT2D eigenvalue weighted by Gasteiger charge is 2.27. The van der Waals surface area contributed by atoms with Crippen LogP contribution in [0.25, 0.3) is 5.69 Å². The Hall–Kier alpha value is -1.72. The van der Waals surface area contributed by atoms with Crippen molar-refractivity contribution in [1.29, 1.82) is 0 Å². The second kappa shape index (κ2) is 5.73. The van der Waals surface area contributed by atoms with Gasteiger partial charge in [-0.25, -0.2) is 4.68 Å². The predicted octanol–water partition coefficient (Wildman–Crippen LogP) is 1.64. The molecule has 0 radical (unpaired) electrons. The van der Waals surface area contributed by atoms with Crippen molar-refractivity contribution in [3.05, 3.63) is 42.2 Å². The third kappa shape index (κ3) is 2.59. The van der Waals surface area contributed by atoms with Crippen LogP contribution in [0.3, 0.4) is 0 Å². The molecule has 1 aliphatic rings. The highest BCUT2D eigenvalue weighted by molar-refractivity contribution is 5.30. The molecule has 2 unspecified atom stereocenters. The minimum atomic E-state index is 0.240. The quantitative estimate of drug-likeness (QED) is 0.919. The van der Waals surface area contributed by atoms with Gasteiger partial charge in [0, 0.05) is 13.2 Å². The fourth-order valence-electron chi connectivity index (χ4n) is 2.73. The van der Waals surface area contributed by atoms with Crippen LogP contribution in [0.5, 0.6) is 0 Å². The van der Waals surface area contributed by atoms with Gasteiger partial charge >= 0.3 is 0 Å². The number of aliphatic hydroxyl groups is 1. The van der Waals surface area contributed by atoms with Crippen molar-refractivity contribution in [2.24, 2.45) is 5.92 Å². The maximum Gasteiger partial charge on any atom is 0.1000 e. The molecule has 0 spiro atoms. The van der Waals surface area contributed by atoms with Crippen LogP contribution in [0.15, 0.2) is 36.5 Å². The molecule has 5 heteroatoms. The molecule has 1 aromatic carbocycles. The number of rotatable bonds is 4. The van der Waals surface area contributed by atoms with E-state index in [0.717, 1.165) is 30.9 Å². The summed E-state index contributed by atoms with van der Waals surface area (Å²) in [5, 5.41) is 17.7. The molecule has 0 amide bonds. The van der Waals surface area contributed by atoms with E-state index in [2.05, 4.69) is 22.1 Å². The summed E-state index contributed by atoms with van der Waals surface area (Å²) < 4.78 is 1.81. The van der Waals surface area contributed by atoms with Crippen LogP contribution in [0.1, 0.15) is 25.1 Å². The average Bonchev–Trinajstić information content (AvgIpc) is 3.17. The Kier molecular flexibility index (Phi) is 3.80. The number of aliphatic hydroxyl groups excluding tert-OH is 1. The topological polar surface area (TPSA) is 54.2 Å². The lowest BCUT2D eigenvalue weighted by Crippen LogP contribution is -2.25. The predicted molar refractivity (Wildman–Crippen MR) is 76.5 cm³/mol. The zero-order valence-electron chi connectivity index (χ0n) is 11.7. The van der Waals surface area contributed by atoms with Crippen molar-refractivity contribution < 1.29 is 5.11 Å². The zero-order valence-corrected chi connectivity index (χ0v) is 11.7. The van der Waals surface area contributed by atoms with Gasteiger partial charge in [0.25, 0.3) is 0 Å². The molecule has 1 aliphatic heterocycles. The summed E-state index contributed by atoms with van der Waals surface area (Å²) in [6.45, 7) is 4.39. The molecule has 2 heterocycles. The third-order valence-electron chi connectivity index (χ3n) is 4.08. The summed E-state index contributed by atoms with van der Waals surface area (Å²) in [6, 6.07) is 10.2. The van der Waals surface area contributed by atoms with Crippen molar-refractivity contribution in [2.45, 2.75) is 19.4 Å². The number of nitrogens with zero attached hydrogens (tertiary/aromatic N) is 4. The van der Waals surface area contributed by atoms with Crippen LogP contribution in [0.2, 0.25) is 0 Å². The first-order chi connectivity index (χ1) is 9.78. The first-order valence-corrected chi connectivity index (χ1v) is 7.10. The zero-order chi connectivity index (χ0) is 13.9. The largest absolute Gasteiger partial charge is 0.396 e. The molecular formula is C15H20N4O. The van der Waals surface area contributed by atoms with Gasteiger partial charge in [-0.05, 0) is 37.9 Å². The van der Waals surface area contributed by atoms with Crippen LogP contribution >= 0.6 is 0 Å². The minimum absolute atomic E-state index is 0.240. The van der Waals surface area contributed by atoms with E-state index in [9.17, 15) is 5.11 Å². The van der Waals surface area contributed by atoms with Crippen molar-refractivity contribution in [1.82, 2.24) is 19.9 Å². The van der Waals surface area contributed by atoms with E-state index < -0.39 is 0 Å². The number of hydrogen-bond acceptors (Lipinski definition) is 4. The van der Waals surface area contributed by atoms with Gasteiger partial charge in [0.1, 0.15) is 0 Å². The molecule has 3 rings (SSSR count). The summed E-state index contributed by atoms with van der Waals surface area (Å²) >= 11 is 0. The van der Waals surface area contributed by atoms with E-state index in [1.54, 1.807) is 0 Å². The molecule has 5 nitrogen and oxygen atoms in total. The summed E-state index contributed by atoms with van der Waals surface area (Å²) in [5.74, 6) is 0.404. The number of para-hydroxylation sites is 1. The molecule has 1 aromatic heterocycles. The standard InChI is InChI=1S/C15H20N4O/c1-12(18-8-7-13(9-18)11-20)15-10-19(17-16-15)14-5-3-2-4-6-14/h2-6,10,12-13,20H,7-9,11H2,1H3. The van der Waals surface area contributed by atoms with Gasteiger partial charge in [0.15, 0.2) is 0 Å². The molecular weight excluding hydrogens is 252 g/mol. The van der Waals surface area contributed by atoms with Crippen LogP contribution in [0, 0.1) is 5.92 Å². The maximum absolute atomic E-state index is 9.23. The highest BCUT2D eigenvalue weighted by atomic mass is 16.3. The molecule has 0 aliphatic carbocycles. The van der Waals surface area contributed by atoms with E-state index in [1.807, 2.05) is 41.2 Å². The molecule has 1 fully saturated rings. The highest BCUT2D eigenvalue weighted by Crippen LogP contribution is 2.26. The van der Waals surface area contributed by atoms with Gasteiger partial charge in [-0.1, -0.05) is 23.4 Å². The van der Waals surface area contributed by atoms with Crippen molar-refractivity contribution in [2.75, 3.05) is 19.7 Å². The normalized spacial score (nSPS) is 21.2. The van der Waals surface area contributed by atoms with Crippen molar-refractivity contribution in [3.8, 4) is 5.69 Å². The number of hydrogen-bond donors (Lipinski definition) is 1. The Labute approximate surface area is 118 Å². The van der Waals surface area contributed by atoms with Crippen LogP contribution < -0.4 is 0 Å². The summed E-state index contributed by atoms with van der Waals surface area (Å²) in [5.41, 5.74) is 2.00. The molecule has 2 aromatic rings. The van der Waals surface area contributed by atoms with E-state index in [1.165, 1.54) is 0 Å². The molecule has 1 saturated heterocycles. The number of aromatic nitrogens is 3. The number of likely N-dealkylation sites (tertiary alicyclic amines) is 1. The first-order valence-electron chi connectivity index (χ1n) is 7.10. The van der Waals surface area contributed by atoms with Crippen LogP contribution in [-0.2, 0) is 0 Å².